The lowest BCUT2D eigenvalue weighted by atomic mass is 9.93. The molecule has 2 aliphatic rings. The Morgan fingerprint density at radius 2 is 2.06 bits per heavy atom. The fourth-order valence-electron chi connectivity index (χ4n) is 2.93. The molecule has 0 aromatic heterocycles. The number of carbonyl (C=O) groups is 1. The zero-order chi connectivity index (χ0) is 13.0. The van der Waals surface area contributed by atoms with Crippen LogP contribution in [0.5, 0.6) is 0 Å². The SMILES string of the molecule is CC1SCCN(C(=O)CCC2CCNCC2)C1C. The molecule has 2 fully saturated rings. The lowest BCUT2D eigenvalue weighted by Gasteiger charge is -2.38. The van der Waals surface area contributed by atoms with Gasteiger partial charge in [0.2, 0.25) is 5.91 Å². The van der Waals surface area contributed by atoms with Crippen LogP contribution < -0.4 is 5.32 Å². The maximum Gasteiger partial charge on any atom is 0.222 e. The lowest BCUT2D eigenvalue weighted by molar-refractivity contribution is -0.133. The third kappa shape index (κ3) is 3.64. The van der Waals surface area contributed by atoms with Crippen LogP contribution in [0.2, 0.25) is 0 Å². The summed E-state index contributed by atoms with van der Waals surface area (Å²) in [6.45, 7) is 7.64. The molecule has 3 nitrogen and oxygen atoms in total. The van der Waals surface area contributed by atoms with Crippen LogP contribution in [0.25, 0.3) is 0 Å². The molecule has 2 heterocycles. The van der Waals surface area contributed by atoms with Crippen LogP contribution in [0.15, 0.2) is 0 Å². The minimum Gasteiger partial charge on any atom is -0.338 e. The first-order valence-corrected chi connectivity index (χ1v) is 8.35. The zero-order valence-corrected chi connectivity index (χ0v) is 12.5. The molecule has 1 N–H and O–H groups in total. The van der Waals surface area contributed by atoms with Gasteiger partial charge in [-0.3, -0.25) is 4.79 Å². The second-order valence-corrected chi connectivity index (χ2v) is 7.12. The van der Waals surface area contributed by atoms with Gasteiger partial charge in [0, 0.05) is 30.0 Å². The molecule has 104 valence electrons. The van der Waals surface area contributed by atoms with E-state index in [2.05, 4.69) is 24.1 Å². The first-order chi connectivity index (χ1) is 8.68. The second kappa shape index (κ2) is 6.80. The Morgan fingerprint density at radius 1 is 1.33 bits per heavy atom. The van der Waals surface area contributed by atoms with Crippen LogP contribution in [0.1, 0.15) is 39.5 Å². The Labute approximate surface area is 115 Å². The van der Waals surface area contributed by atoms with Gasteiger partial charge in [0.05, 0.1) is 0 Å². The molecule has 2 aliphatic heterocycles. The normalized spacial score (nSPS) is 30.4. The maximum absolute atomic E-state index is 12.3. The number of piperidine rings is 1. The molecule has 0 spiro atoms. The van der Waals surface area contributed by atoms with Crippen molar-refractivity contribution in [3.63, 3.8) is 0 Å². The van der Waals surface area contributed by atoms with Gasteiger partial charge in [0.1, 0.15) is 0 Å². The number of hydrogen-bond acceptors (Lipinski definition) is 3. The summed E-state index contributed by atoms with van der Waals surface area (Å²) in [6.07, 6.45) is 4.34. The Bertz CT molecular complexity index is 279. The average molecular weight is 270 g/mol. The van der Waals surface area contributed by atoms with Crippen molar-refractivity contribution in [2.45, 2.75) is 50.8 Å². The molecule has 0 radical (unpaired) electrons. The molecule has 0 aromatic rings. The van der Waals surface area contributed by atoms with Gasteiger partial charge in [-0.15, -0.1) is 0 Å². The summed E-state index contributed by atoms with van der Waals surface area (Å²) in [7, 11) is 0. The molecule has 0 aromatic carbocycles. The van der Waals surface area contributed by atoms with E-state index in [9.17, 15) is 4.79 Å². The maximum atomic E-state index is 12.3. The molecular weight excluding hydrogens is 244 g/mol. The molecule has 2 saturated heterocycles. The van der Waals surface area contributed by atoms with Gasteiger partial charge in [-0.2, -0.15) is 11.8 Å². The summed E-state index contributed by atoms with van der Waals surface area (Å²) in [5.41, 5.74) is 0. The molecule has 0 aliphatic carbocycles. The van der Waals surface area contributed by atoms with E-state index in [-0.39, 0.29) is 0 Å². The van der Waals surface area contributed by atoms with Gasteiger partial charge in [-0.25, -0.2) is 0 Å². The summed E-state index contributed by atoms with van der Waals surface area (Å²) < 4.78 is 0. The highest BCUT2D eigenvalue weighted by molar-refractivity contribution is 8.00. The van der Waals surface area contributed by atoms with Gasteiger partial charge < -0.3 is 10.2 Å². The van der Waals surface area contributed by atoms with Gasteiger partial charge in [-0.1, -0.05) is 6.92 Å². The van der Waals surface area contributed by atoms with Gasteiger partial charge in [-0.05, 0) is 45.2 Å². The van der Waals surface area contributed by atoms with Crippen molar-refractivity contribution in [3.05, 3.63) is 0 Å². The fourth-order valence-corrected chi connectivity index (χ4v) is 4.03. The fraction of sp³-hybridized carbons (Fsp3) is 0.929. The quantitative estimate of drug-likeness (QED) is 0.852. The van der Waals surface area contributed by atoms with Crippen molar-refractivity contribution in [2.24, 2.45) is 5.92 Å². The summed E-state index contributed by atoms with van der Waals surface area (Å²) >= 11 is 1.99. The summed E-state index contributed by atoms with van der Waals surface area (Å²) in [5, 5.41) is 3.97. The second-order valence-electron chi connectivity index (χ2n) is 5.64. The first kappa shape index (κ1) is 14.2. The molecule has 1 amide bonds. The van der Waals surface area contributed by atoms with E-state index >= 15 is 0 Å². The molecule has 0 saturated carbocycles. The van der Waals surface area contributed by atoms with Gasteiger partial charge >= 0.3 is 0 Å². The third-order valence-corrected chi connectivity index (χ3v) is 5.77. The van der Waals surface area contributed by atoms with E-state index in [1.807, 2.05) is 11.8 Å². The molecule has 2 unspecified atom stereocenters. The molecule has 4 heteroatoms. The number of hydrogen-bond donors (Lipinski definition) is 1. The standard InChI is InChI=1S/C14H26N2OS/c1-11-12(2)18-10-9-16(11)14(17)4-3-13-5-7-15-8-6-13/h11-13,15H,3-10H2,1-2H3. The number of carbonyl (C=O) groups excluding carboxylic acids is 1. The van der Waals surface area contributed by atoms with Crippen molar-refractivity contribution in [1.82, 2.24) is 10.2 Å². The van der Waals surface area contributed by atoms with Crippen LogP contribution in [-0.2, 0) is 4.79 Å². The summed E-state index contributed by atoms with van der Waals surface area (Å²) in [6, 6.07) is 0.407. The van der Waals surface area contributed by atoms with Crippen molar-refractivity contribution in [1.29, 1.82) is 0 Å². The Hall–Kier alpha value is -0.220. The van der Waals surface area contributed by atoms with Crippen LogP contribution in [-0.4, -0.2) is 47.5 Å². The van der Waals surface area contributed by atoms with E-state index in [4.69, 9.17) is 0 Å². The van der Waals surface area contributed by atoms with E-state index in [1.54, 1.807) is 0 Å². The molecular formula is C14H26N2OS. The largest absolute Gasteiger partial charge is 0.338 e. The first-order valence-electron chi connectivity index (χ1n) is 7.30. The predicted molar refractivity (Wildman–Crippen MR) is 77.9 cm³/mol. The number of rotatable bonds is 3. The molecule has 0 bridgehead atoms. The van der Waals surface area contributed by atoms with E-state index < -0.39 is 0 Å². The van der Waals surface area contributed by atoms with E-state index in [1.165, 1.54) is 12.8 Å². The summed E-state index contributed by atoms with van der Waals surface area (Å²) in [4.78, 5) is 14.4. The van der Waals surface area contributed by atoms with Gasteiger partial charge in [0.25, 0.3) is 0 Å². The lowest BCUT2D eigenvalue weighted by Crippen LogP contribution is -2.48. The van der Waals surface area contributed by atoms with Crippen molar-refractivity contribution >= 4 is 17.7 Å². The number of nitrogens with zero attached hydrogens (tertiary/aromatic N) is 1. The number of amides is 1. The Kier molecular flexibility index (Phi) is 5.37. The third-order valence-electron chi connectivity index (χ3n) is 4.43. The topological polar surface area (TPSA) is 32.3 Å². The minimum absolute atomic E-state index is 0.383. The van der Waals surface area contributed by atoms with E-state index in [0.29, 0.717) is 17.2 Å². The van der Waals surface area contributed by atoms with Crippen LogP contribution in [0.3, 0.4) is 0 Å². The van der Waals surface area contributed by atoms with Crippen LogP contribution >= 0.6 is 11.8 Å². The summed E-state index contributed by atoms with van der Waals surface area (Å²) in [5.74, 6) is 2.25. The zero-order valence-electron chi connectivity index (χ0n) is 11.7. The molecule has 2 rings (SSSR count). The molecule has 18 heavy (non-hydrogen) atoms. The van der Waals surface area contributed by atoms with Crippen LogP contribution in [0, 0.1) is 5.92 Å². The highest BCUT2D eigenvalue weighted by Gasteiger charge is 2.28. The monoisotopic (exact) mass is 270 g/mol. The number of thioether (sulfide) groups is 1. The Balaban J connectivity index is 1.76. The smallest absolute Gasteiger partial charge is 0.222 e. The molecule has 2 atom stereocenters. The minimum atomic E-state index is 0.383. The van der Waals surface area contributed by atoms with Crippen molar-refractivity contribution in [2.75, 3.05) is 25.4 Å². The van der Waals surface area contributed by atoms with Gasteiger partial charge in [0.15, 0.2) is 0 Å². The highest BCUT2D eigenvalue weighted by atomic mass is 32.2. The number of nitrogens with one attached hydrogen (secondary N) is 1. The predicted octanol–water partition coefficient (Wildman–Crippen LogP) is 2.12. The highest BCUT2D eigenvalue weighted by Crippen LogP contribution is 2.26. The average Bonchev–Trinajstić information content (AvgIpc) is 2.40. The van der Waals surface area contributed by atoms with Crippen molar-refractivity contribution < 1.29 is 4.79 Å². The van der Waals surface area contributed by atoms with Crippen molar-refractivity contribution in [3.8, 4) is 0 Å². The van der Waals surface area contributed by atoms with Crippen LogP contribution in [0.4, 0.5) is 0 Å². The van der Waals surface area contributed by atoms with E-state index in [0.717, 1.165) is 44.1 Å². The Morgan fingerprint density at radius 3 is 2.78 bits per heavy atom.